The second-order valence-electron chi connectivity index (χ2n) is 6.14. The van der Waals surface area contributed by atoms with Crippen molar-refractivity contribution in [2.45, 2.75) is 34.3 Å². The molecule has 0 amide bonds. The zero-order valence-electron chi connectivity index (χ0n) is 17.3. The molecule has 1 aromatic carbocycles. The first-order valence-electron chi connectivity index (χ1n) is 9.28. The number of carbonyl (C=O) groups is 2. The summed E-state index contributed by atoms with van der Waals surface area (Å²) < 4.78 is 39.3. The first kappa shape index (κ1) is 24.5. The van der Waals surface area contributed by atoms with E-state index in [-0.39, 0.29) is 34.5 Å². The van der Waals surface area contributed by atoms with Crippen LogP contribution in [0.4, 0.5) is 19.5 Å². The number of rotatable bonds is 8. The van der Waals surface area contributed by atoms with E-state index in [2.05, 4.69) is 15.4 Å². The largest absolute Gasteiger partial charge is 0.462 e. The van der Waals surface area contributed by atoms with Gasteiger partial charge in [0.25, 0.3) is 0 Å². The maximum absolute atomic E-state index is 12.5. The van der Waals surface area contributed by atoms with E-state index in [1.807, 2.05) is 0 Å². The van der Waals surface area contributed by atoms with Crippen LogP contribution in [0.25, 0.3) is 0 Å². The Bertz CT molecular complexity index is 979. The highest BCUT2D eigenvalue weighted by Gasteiger charge is 2.27. The van der Waals surface area contributed by atoms with Gasteiger partial charge in [0.1, 0.15) is 15.6 Å². The first-order valence-corrected chi connectivity index (χ1v) is 10.5. The Balaban J connectivity index is 2.26. The molecule has 1 aromatic heterocycles. The smallest absolute Gasteiger partial charge is 0.387 e. The Hall–Kier alpha value is -2.79. The summed E-state index contributed by atoms with van der Waals surface area (Å²) in [5.74, 6) is -1.12. The molecular weight excluding hydrogens is 450 g/mol. The first-order chi connectivity index (χ1) is 14.7. The Morgan fingerprint density at radius 2 is 1.74 bits per heavy atom. The van der Waals surface area contributed by atoms with Crippen molar-refractivity contribution >= 4 is 51.3 Å². The second kappa shape index (κ2) is 11.0. The Kier molecular flexibility index (Phi) is 8.69. The maximum Gasteiger partial charge on any atom is 0.387 e. The predicted molar refractivity (Wildman–Crippen MR) is 119 cm³/mol. The fourth-order valence-corrected chi connectivity index (χ4v) is 4.02. The molecule has 11 heteroatoms. The van der Waals surface area contributed by atoms with Gasteiger partial charge in [0.2, 0.25) is 0 Å². The normalized spacial score (nSPS) is 10.5. The Morgan fingerprint density at radius 3 is 2.32 bits per heavy atom. The third-order valence-electron chi connectivity index (χ3n) is 3.99. The van der Waals surface area contributed by atoms with Crippen molar-refractivity contribution in [1.82, 2.24) is 0 Å². The van der Waals surface area contributed by atoms with Crippen LogP contribution in [-0.4, -0.2) is 36.9 Å². The summed E-state index contributed by atoms with van der Waals surface area (Å²) in [4.78, 5) is 25.0. The predicted octanol–water partition coefficient (Wildman–Crippen LogP) is 5.13. The summed E-state index contributed by atoms with van der Waals surface area (Å²) in [6.45, 7) is 4.12. The van der Waals surface area contributed by atoms with Gasteiger partial charge in [-0.1, -0.05) is 0 Å². The van der Waals surface area contributed by atoms with Gasteiger partial charge < -0.3 is 24.8 Å². The van der Waals surface area contributed by atoms with E-state index in [0.29, 0.717) is 21.8 Å². The number of esters is 2. The van der Waals surface area contributed by atoms with Crippen LogP contribution in [-0.2, 0) is 9.47 Å². The average Bonchev–Trinajstić information content (AvgIpc) is 3.00. The fraction of sp³-hybridized carbons (Fsp3) is 0.350. The quantitative estimate of drug-likeness (QED) is 0.404. The van der Waals surface area contributed by atoms with Crippen LogP contribution >= 0.6 is 23.6 Å². The molecule has 2 aromatic rings. The third kappa shape index (κ3) is 6.34. The van der Waals surface area contributed by atoms with Gasteiger partial charge in [0.05, 0.1) is 18.8 Å². The van der Waals surface area contributed by atoms with Crippen molar-refractivity contribution < 1.29 is 32.6 Å². The molecule has 168 valence electrons. The number of thiocarbonyl (C=S) groups is 1. The molecule has 0 spiro atoms. The molecule has 0 fully saturated rings. The number of hydrogen-bond acceptors (Lipinski definition) is 7. The van der Waals surface area contributed by atoms with E-state index in [1.54, 1.807) is 27.7 Å². The summed E-state index contributed by atoms with van der Waals surface area (Å²) in [6.07, 6.45) is 0. The summed E-state index contributed by atoms with van der Waals surface area (Å²) in [5.41, 5.74) is 1.78. The minimum Gasteiger partial charge on any atom is -0.462 e. The number of thiophene rings is 1. The lowest BCUT2D eigenvalue weighted by molar-refractivity contribution is -0.0498. The van der Waals surface area contributed by atoms with E-state index in [9.17, 15) is 18.4 Å². The van der Waals surface area contributed by atoms with Gasteiger partial charge in [-0.25, -0.2) is 9.59 Å². The number of halogens is 2. The zero-order valence-corrected chi connectivity index (χ0v) is 19.0. The molecular formula is C20H22F2N2O5S2. The topological polar surface area (TPSA) is 85.9 Å². The number of hydrogen-bond donors (Lipinski definition) is 2. The molecule has 0 aliphatic rings. The molecule has 0 unspecified atom stereocenters. The molecule has 1 heterocycles. The second-order valence-corrected chi connectivity index (χ2v) is 7.56. The fourth-order valence-electron chi connectivity index (χ4n) is 2.65. The maximum atomic E-state index is 12.5. The van der Waals surface area contributed by atoms with Gasteiger partial charge in [-0.2, -0.15) is 8.78 Å². The summed E-state index contributed by atoms with van der Waals surface area (Å²) in [5, 5.41) is 6.30. The van der Waals surface area contributed by atoms with Crippen LogP contribution in [0.5, 0.6) is 5.75 Å². The number of alkyl halides is 2. The summed E-state index contributed by atoms with van der Waals surface area (Å²) in [6, 6.07) is 4.36. The van der Waals surface area contributed by atoms with E-state index in [0.717, 1.165) is 11.3 Å². The van der Waals surface area contributed by atoms with Crippen LogP contribution in [0.2, 0.25) is 0 Å². The lowest BCUT2D eigenvalue weighted by Gasteiger charge is -2.14. The number of aryl methyl sites for hydroxylation is 1. The molecule has 0 radical (unpaired) electrons. The number of nitrogens with one attached hydrogen (secondary N) is 2. The highest BCUT2D eigenvalue weighted by atomic mass is 32.1. The van der Waals surface area contributed by atoms with Crippen molar-refractivity contribution in [1.29, 1.82) is 0 Å². The van der Waals surface area contributed by atoms with Crippen LogP contribution in [0.3, 0.4) is 0 Å². The average molecular weight is 473 g/mol. The Labute approximate surface area is 187 Å². The monoisotopic (exact) mass is 472 g/mol. The lowest BCUT2D eigenvalue weighted by atomic mass is 10.1. The molecule has 0 saturated carbocycles. The molecule has 2 N–H and O–H groups in total. The minimum absolute atomic E-state index is 0.0227. The van der Waals surface area contributed by atoms with Gasteiger partial charge in [-0.05, 0) is 69.2 Å². The van der Waals surface area contributed by atoms with Gasteiger partial charge in [-0.3, -0.25) is 0 Å². The molecule has 31 heavy (non-hydrogen) atoms. The molecule has 2 rings (SSSR count). The zero-order chi connectivity index (χ0) is 23.1. The highest BCUT2D eigenvalue weighted by Crippen LogP contribution is 2.34. The standard InChI is InChI=1S/C20H22F2N2O5S2/c1-5-27-17(25)14-11(4)15(18(26)28-6-2)31-16(14)24-20(30)23-13-8-7-12(9-10(13)3)29-19(21)22/h7-9,19H,5-6H2,1-4H3,(H2,23,24,30). The van der Waals surface area contributed by atoms with Gasteiger partial charge in [-0.15, -0.1) is 11.3 Å². The van der Waals surface area contributed by atoms with Crippen LogP contribution in [0.1, 0.15) is 45.0 Å². The van der Waals surface area contributed by atoms with Crippen molar-refractivity contribution in [2.24, 2.45) is 0 Å². The van der Waals surface area contributed by atoms with Crippen molar-refractivity contribution in [3.05, 3.63) is 39.8 Å². The number of anilines is 2. The minimum atomic E-state index is -2.92. The molecule has 7 nitrogen and oxygen atoms in total. The van der Waals surface area contributed by atoms with Crippen molar-refractivity contribution in [2.75, 3.05) is 23.8 Å². The van der Waals surface area contributed by atoms with Gasteiger partial charge >= 0.3 is 18.6 Å². The molecule has 0 aliphatic carbocycles. The van der Waals surface area contributed by atoms with Crippen molar-refractivity contribution in [3.63, 3.8) is 0 Å². The molecule has 0 aliphatic heterocycles. The summed E-state index contributed by atoms with van der Waals surface area (Å²) in [7, 11) is 0. The van der Waals surface area contributed by atoms with Gasteiger partial charge in [0.15, 0.2) is 5.11 Å². The van der Waals surface area contributed by atoms with Crippen LogP contribution in [0.15, 0.2) is 18.2 Å². The third-order valence-corrected chi connectivity index (χ3v) is 5.38. The number of benzene rings is 1. The van der Waals surface area contributed by atoms with E-state index in [4.69, 9.17) is 21.7 Å². The van der Waals surface area contributed by atoms with E-state index < -0.39 is 18.6 Å². The van der Waals surface area contributed by atoms with E-state index in [1.165, 1.54) is 18.2 Å². The van der Waals surface area contributed by atoms with Crippen molar-refractivity contribution in [3.8, 4) is 5.75 Å². The molecule has 0 bridgehead atoms. The highest BCUT2D eigenvalue weighted by molar-refractivity contribution is 7.80. The SMILES string of the molecule is CCOC(=O)c1sc(NC(=S)Nc2ccc(OC(F)F)cc2C)c(C(=O)OCC)c1C. The van der Waals surface area contributed by atoms with Crippen LogP contribution in [0, 0.1) is 13.8 Å². The number of ether oxygens (including phenoxy) is 3. The summed E-state index contributed by atoms with van der Waals surface area (Å²) >= 11 is 6.35. The van der Waals surface area contributed by atoms with E-state index >= 15 is 0 Å². The van der Waals surface area contributed by atoms with Gasteiger partial charge in [0, 0.05) is 5.69 Å². The molecule has 0 saturated heterocycles. The van der Waals surface area contributed by atoms with Crippen LogP contribution < -0.4 is 15.4 Å². The number of carbonyl (C=O) groups excluding carboxylic acids is 2. The Morgan fingerprint density at radius 1 is 1.10 bits per heavy atom. The lowest BCUT2D eigenvalue weighted by Crippen LogP contribution is -2.20. The molecule has 0 atom stereocenters.